The molecule has 0 fully saturated rings. The van der Waals surface area contributed by atoms with Gasteiger partial charge in [0.1, 0.15) is 0 Å². The predicted octanol–water partition coefficient (Wildman–Crippen LogP) is 2.09. The molecule has 0 bridgehead atoms. The first-order valence-electron chi connectivity index (χ1n) is 7.33. The fraction of sp³-hybridized carbons (Fsp3) is 0.500. The summed E-state index contributed by atoms with van der Waals surface area (Å²) < 4.78 is 10.0. The molecule has 6 heteroatoms. The van der Waals surface area contributed by atoms with E-state index < -0.39 is 0 Å². The van der Waals surface area contributed by atoms with E-state index in [4.69, 9.17) is 4.74 Å². The number of hydrogen-bond donors (Lipinski definition) is 2. The number of methoxy groups -OCH3 is 1. The molecule has 0 aliphatic heterocycles. The van der Waals surface area contributed by atoms with Crippen molar-refractivity contribution in [2.24, 2.45) is 0 Å². The highest BCUT2D eigenvalue weighted by Crippen LogP contribution is 2.05. The van der Waals surface area contributed by atoms with Gasteiger partial charge in [-0.3, -0.25) is 0 Å². The SMILES string of the molecule is COC(=O)c1ccc(CNC(=O)NCCCOC(C)C)cc1. The van der Waals surface area contributed by atoms with Gasteiger partial charge in [-0.25, -0.2) is 9.59 Å². The molecule has 122 valence electrons. The van der Waals surface area contributed by atoms with Gasteiger partial charge in [0.25, 0.3) is 0 Å². The van der Waals surface area contributed by atoms with Crippen LogP contribution in [0.15, 0.2) is 24.3 Å². The lowest BCUT2D eigenvalue weighted by Gasteiger charge is -2.09. The minimum Gasteiger partial charge on any atom is -0.465 e. The smallest absolute Gasteiger partial charge is 0.337 e. The molecule has 0 spiro atoms. The second-order valence-electron chi connectivity index (χ2n) is 5.07. The number of carbonyl (C=O) groups excluding carboxylic acids is 2. The lowest BCUT2D eigenvalue weighted by Crippen LogP contribution is -2.35. The summed E-state index contributed by atoms with van der Waals surface area (Å²) in [5, 5.41) is 5.52. The molecule has 0 saturated carbocycles. The molecule has 0 unspecified atom stereocenters. The summed E-state index contributed by atoms with van der Waals surface area (Å²) in [5.74, 6) is -0.374. The van der Waals surface area contributed by atoms with Crippen molar-refractivity contribution in [1.82, 2.24) is 10.6 Å². The zero-order valence-electron chi connectivity index (χ0n) is 13.3. The number of hydrogen-bond acceptors (Lipinski definition) is 4. The molecule has 0 heterocycles. The Labute approximate surface area is 131 Å². The van der Waals surface area contributed by atoms with Crippen LogP contribution in [0.4, 0.5) is 4.79 Å². The molecule has 2 N–H and O–H groups in total. The Morgan fingerprint density at radius 3 is 2.41 bits per heavy atom. The van der Waals surface area contributed by atoms with E-state index in [9.17, 15) is 9.59 Å². The maximum Gasteiger partial charge on any atom is 0.337 e. The van der Waals surface area contributed by atoms with E-state index in [2.05, 4.69) is 15.4 Å². The molecule has 0 saturated heterocycles. The van der Waals surface area contributed by atoms with Gasteiger partial charge in [0.05, 0.1) is 18.8 Å². The number of benzene rings is 1. The van der Waals surface area contributed by atoms with Crippen LogP contribution >= 0.6 is 0 Å². The van der Waals surface area contributed by atoms with Gasteiger partial charge in [-0.15, -0.1) is 0 Å². The largest absolute Gasteiger partial charge is 0.465 e. The Morgan fingerprint density at radius 1 is 1.14 bits per heavy atom. The summed E-state index contributed by atoms with van der Waals surface area (Å²) in [6.07, 6.45) is 0.987. The van der Waals surface area contributed by atoms with Gasteiger partial charge in [0.15, 0.2) is 0 Å². The molecule has 6 nitrogen and oxygen atoms in total. The Morgan fingerprint density at radius 2 is 1.82 bits per heavy atom. The maximum absolute atomic E-state index is 11.6. The van der Waals surface area contributed by atoms with Gasteiger partial charge >= 0.3 is 12.0 Å². The quantitative estimate of drug-likeness (QED) is 0.569. The van der Waals surface area contributed by atoms with E-state index in [1.54, 1.807) is 24.3 Å². The first kappa shape index (κ1) is 18.0. The van der Waals surface area contributed by atoms with Crippen LogP contribution in [0.3, 0.4) is 0 Å². The molecular weight excluding hydrogens is 284 g/mol. The Hall–Kier alpha value is -2.08. The summed E-state index contributed by atoms with van der Waals surface area (Å²) in [6.45, 7) is 5.56. The van der Waals surface area contributed by atoms with Gasteiger partial charge < -0.3 is 20.1 Å². The molecule has 0 radical (unpaired) electrons. The lowest BCUT2D eigenvalue weighted by molar-refractivity contribution is 0.0600. The third kappa shape index (κ3) is 7.08. The summed E-state index contributed by atoms with van der Waals surface area (Å²) in [7, 11) is 1.34. The summed E-state index contributed by atoms with van der Waals surface area (Å²) in [4.78, 5) is 22.9. The predicted molar refractivity (Wildman–Crippen MR) is 83.7 cm³/mol. The van der Waals surface area contributed by atoms with Crippen molar-refractivity contribution in [1.29, 1.82) is 0 Å². The number of amides is 2. The van der Waals surface area contributed by atoms with Crippen LogP contribution in [0.25, 0.3) is 0 Å². The van der Waals surface area contributed by atoms with Crippen LogP contribution in [-0.2, 0) is 16.0 Å². The van der Waals surface area contributed by atoms with Crippen LogP contribution in [0, 0.1) is 0 Å². The van der Waals surface area contributed by atoms with E-state index in [-0.39, 0.29) is 18.1 Å². The molecule has 1 aromatic carbocycles. The number of carbonyl (C=O) groups is 2. The summed E-state index contributed by atoms with van der Waals surface area (Å²) in [6, 6.07) is 6.68. The van der Waals surface area contributed by atoms with Crippen molar-refractivity contribution < 1.29 is 19.1 Å². The Kier molecular flexibility index (Phi) is 7.99. The van der Waals surface area contributed by atoms with E-state index in [1.165, 1.54) is 7.11 Å². The van der Waals surface area contributed by atoms with E-state index >= 15 is 0 Å². The van der Waals surface area contributed by atoms with Gasteiger partial charge in [0, 0.05) is 19.7 Å². The number of esters is 1. The first-order chi connectivity index (χ1) is 10.5. The first-order valence-corrected chi connectivity index (χ1v) is 7.33. The highest BCUT2D eigenvalue weighted by atomic mass is 16.5. The molecule has 1 aromatic rings. The summed E-state index contributed by atoms with van der Waals surface area (Å²) in [5.41, 5.74) is 1.40. The van der Waals surface area contributed by atoms with Crippen molar-refractivity contribution in [2.75, 3.05) is 20.3 Å². The molecule has 0 aliphatic rings. The van der Waals surface area contributed by atoms with Crippen molar-refractivity contribution in [3.05, 3.63) is 35.4 Å². The zero-order chi connectivity index (χ0) is 16.4. The fourth-order valence-corrected chi connectivity index (χ4v) is 1.71. The third-order valence-corrected chi connectivity index (χ3v) is 2.89. The second-order valence-corrected chi connectivity index (χ2v) is 5.07. The highest BCUT2D eigenvalue weighted by Gasteiger charge is 2.05. The third-order valence-electron chi connectivity index (χ3n) is 2.89. The molecule has 0 aromatic heterocycles. The van der Waals surface area contributed by atoms with Crippen LogP contribution in [0.2, 0.25) is 0 Å². The molecule has 0 aliphatic carbocycles. The van der Waals surface area contributed by atoms with Gasteiger partial charge in [0.2, 0.25) is 0 Å². The average Bonchev–Trinajstić information content (AvgIpc) is 2.52. The highest BCUT2D eigenvalue weighted by molar-refractivity contribution is 5.89. The van der Waals surface area contributed by atoms with Crippen LogP contribution in [0.5, 0.6) is 0 Å². The number of nitrogens with one attached hydrogen (secondary N) is 2. The molecule has 2 amide bonds. The molecule has 0 atom stereocenters. The van der Waals surface area contributed by atoms with E-state index in [1.807, 2.05) is 13.8 Å². The molecular formula is C16H24N2O4. The topological polar surface area (TPSA) is 76.7 Å². The average molecular weight is 308 g/mol. The molecule has 1 rings (SSSR count). The number of urea groups is 1. The molecule has 22 heavy (non-hydrogen) atoms. The Bertz CT molecular complexity index is 472. The fourth-order valence-electron chi connectivity index (χ4n) is 1.71. The minimum atomic E-state index is -0.374. The van der Waals surface area contributed by atoms with Crippen molar-refractivity contribution in [3.63, 3.8) is 0 Å². The lowest BCUT2D eigenvalue weighted by atomic mass is 10.1. The van der Waals surface area contributed by atoms with Crippen LogP contribution < -0.4 is 10.6 Å². The Balaban J connectivity index is 2.22. The van der Waals surface area contributed by atoms with Gasteiger partial charge in [-0.1, -0.05) is 12.1 Å². The normalized spacial score (nSPS) is 10.4. The second kappa shape index (κ2) is 9.78. The number of ether oxygens (including phenoxy) is 2. The van der Waals surface area contributed by atoms with E-state index in [0.717, 1.165) is 12.0 Å². The van der Waals surface area contributed by atoms with Crippen LogP contribution in [-0.4, -0.2) is 38.4 Å². The monoisotopic (exact) mass is 308 g/mol. The number of rotatable bonds is 8. The van der Waals surface area contributed by atoms with Crippen molar-refractivity contribution >= 4 is 12.0 Å². The maximum atomic E-state index is 11.6. The minimum absolute atomic E-state index is 0.210. The zero-order valence-corrected chi connectivity index (χ0v) is 13.3. The van der Waals surface area contributed by atoms with E-state index in [0.29, 0.717) is 25.3 Å². The van der Waals surface area contributed by atoms with Crippen molar-refractivity contribution in [2.45, 2.75) is 32.9 Å². The van der Waals surface area contributed by atoms with Gasteiger partial charge in [-0.05, 0) is 38.0 Å². The van der Waals surface area contributed by atoms with Crippen LogP contribution in [0.1, 0.15) is 36.2 Å². The van der Waals surface area contributed by atoms with Gasteiger partial charge in [-0.2, -0.15) is 0 Å². The standard InChI is InChI=1S/C16H24N2O4/c1-12(2)22-10-4-9-17-16(20)18-11-13-5-7-14(8-6-13)15(19)21-3/h5-8,12H,4,9-11H2,1-3H3,(H2,17,18,20). The van der Waals surface area contributed by atoms with Crippen molar-refractivity contribution in [3.8, 4) is 0 Å². The summed E-state index contributed by atoms with van der Waals surface area (Å²) >= 11 is 0.